The maximum Gasteiger partial charge on any atom is 0.124 e. The van der Waals surface area contributed by atoms with Crippen LogP contribution in [0.25, 0.3) is 0 Å². The number of halogens is 2. The lowest BCUT2D eigenvalue weighted by molar-refractivity contribution is 0.420. The molecule has 0 spiro atoms. The maximum absolute atomic E-state index is 13.2. The van der Waals surface area contributed by atoms with Gasteiger partial charge < -0.3 is 0 Å². The van der Waals surface area contributed by atoms with Gasteiger partial charge in [-0.25, -0.2) is 4.39 Å². The third kappa shape index (κ3) is 2.89. The van der Waals surface area contributed by atoms with E-state index in [1.807, 2.05) is 12.1 Å². The van der Waals surface area contributed by atoms with Crippen molar-refractivity contribution in [3.63, 3.8) is 0 Å². The van der Waals surface area contributed by atoms with Gasteiger partial charge in [0.2, 0.25) is 0 Å². The molecular weight excluding hydrogens is 331 g/mol. The highest BCUT2D eigenvalue weighted by atomic mass is 79.9. The monoisotopic (exact) mass is 348 g/mol. The van der Waals surface area contributed by atoms with Crippen LogP contribution in [0.1, 0.15) is 24.0 Å². The molecule has 1 atom stereocenters. The number of nitrogens with two attached hydrogens (primary N) is 1. The van der Waals surface area contributed by atoms with Crippen molar-refractivity contribution in [2.45, 2.75) is 30.7 Å². The van der Waals surface area contributed by atoms with E-state index in [0.29, 0.717) is 0 Å². The fraction of sp³-hybridized carbons (Fsp3) is 0.294. The molecule has 3 rings (SSSR count). The molecule has 1 aliphatic rings. The van der Waals surface area contributed by atoms with Crippen LogP contribution in [0.3, 0.4) is 0 Å². The Balaban J connectivity index is 1.86. The Morgan fingerprint density at radius 1 is 1.19 bits per heavy atom. The Morgan fingerprint density at radius 3 is 2.48 bits per heavy atom. The predicted molar refractivity (Wildman–Crippen MR) is 86.3 cm³/mol. The highest BCUT2D eigenvalue weighted by molar-refractivity contribution is 9.10. The van der Waals surface area contributed by atoms with E-state index in [2.05, 4.69) is 45.6 Å². The first-order chi connectivity index (χ1) is 10.2. The van der Waals surface area contributed by atoms with Crippen LogP contribution in [0.5, 0.6) is 0 Å². The van der Waals surface area contributed by atoms with Crippen LogP contribution >= 0.6 is 15.9 Å². The largest absolute Gasteiger partial charge is 0.271 e. The van der Waals surface area contributed by atoms with Crippen LogP contribution in [0.2, 0.25) is 0 Å². The van der Waals surface area contributed by atoms with Crippen molar-refractivity contribution in [1.29, 1.82) is 0 Å². The Morgan fingerprint density at radius 2 is 1.90 bits per heavy atom. The van der Waals surface area contributed by atoms with Crippen molar-refractivity contribution in [3.8, 4) is 0 Å². The van der Waals surface area contributed by atoms with E-state index in [1.165, 1.54) is 17.7 Å². The number of hydrogen-bond donors (Lipinski definition) is 2. The van der Waals surface area contributed by atoms with Gasteiger partial charge in [0.1, 0.15) is 5.82 Å². The molecule has 0 radical (unpaired) electrons. The number of nitrogens with one attached hydrogen (secondary N) is 1. The molecule has 2 nitrogen and oxygen atoms in total. The van der Waals surface area contributed by atoms with Gasteiger partial charge in [-0.2, -0.15) is 0 Å². The molecule has 1 unspecified atom stereocenters. The van der Waals surface area contributed by atoms with Gasteiger partial charge in [-0.1, -0.05) is 52.3 Å². The van der Waals surface area contributed by atoms with E-state index < -0.39 is 0 Å². The minimum Gasteiger partial charge on any atom is -0.271 e. The molecule has 0 bridgehead atoms. The minimum absolute atomic E-state index is 0.101. The molecule has 110 valence electrons. The fourth-order valence-corrected chi connectivity index (χ4v) is 3.58. The Hall–Kier alpha value is -1.23. The topological polar surface area (TPSA) is 38.0 Å². The zero-order valence-corrected chi connectivity index (χ0v) is 13.2. The second-order valence-corrected chi connectivity index (χ2v) is 6.54. The van der Waals surface area contributed by atoms with Gasteiger partial charge in [0.05, 0.1) is 0 Å². The summed E-state index contributed by atoms with van der Waals surface area (Å²) < 4.78 is 14.0. The fourth-order valence-electron chi connectivity index (χ4n) is 3.06. The van der Waals surface area contributed by atoms with Gasteiger partial charge in [0.25, 0.3) is 0 Å². The van der Waals surface area contributed by atoms with Gasteiger partial charge in [-0.05, 0) is 42.5 Å². The second kappa shape index (κ2) is 5.87. The molecule has 2 aromatic rings. The van der Waals surface area contributed by atoms with Crippen molar-refractivity contribution in [1.82, 2.24) is 5.43 Å². The smallest absolute Gasteiger partial charge is 0.124 e. The van der Waals surface area contributed by atoms with Crippen molar-refractivity contribution < 1.29 is 4.39 Å². The van der Waals surface area contributed by atoms with Crippen molar-refractivity contribution >= 4 is 15.9 Å². The first-order valence-electron chi connectivity index (χ1n) is 7.11. The van der Waals surface area contributed by atoms with E-state index in [1.54, 1.807) is 0 Å². The van der Waals surface area contributed by atoms with Gasteiger partial charge >= 0.3 is 0 Å². The van der Waals surface area contributed by atoms with Gasteiger partial charge in [-0.15, -0.1) is 0 Å². The lowest BCUT2D eigenvalue weighted by atomic mass is 9.85. The van der Waals surface area contributed by atoms with Crippen LogP contribution in [-0.4, -0.2) is 6.04 Å². The zero-order valence-electron chi connectivity index (χ0n) is 11.7. The maximum atomic E-state index is 13.2. The zero-order chi connectivity index (χ0) is 14.9. The van der Waals surface area contributed by atoms with Crippen LogP contribution in [0, 0.1) is 5.82 Å². The van der Waals surface area contributed by atoms with Gasteiger partial charge in [0.15, 0.2) is 0 Å². The Bertz CT molecular complexity index is 626. The minimum atomic E-state index is -0.230. The van der Waals surface area contributed by atoms with E-state index >= 15 is 0 Å². The standard InChI is InChI=1S/C17H18BrFN2/c18-15-11-14(19)7-6-12(15)10-16(21-20)17(8-9-17)13-4-2-1-3-5-13/h1-7,11,16,21H,8-10,20H2. The average molecular weight is 349 g/mol. The number of rotatable bonds is 5. The molecule has 0 aliphatic heterocycles. The Labute approximate surface area is 132 Å². The molecule has 0 aromatic heterocycles. The Kier molecular flexibility index (Phi) is 4.11. The summed E-state index contributed by atoms with van der Waals surface area (Å²) in [6.45, 7) is 0. The molecule has 0 saturated heterocycles. The summed E-state index contributed by atoms with van der Waals surface area (Å²) in [4.78, 5) is 0. The number of hydrazine groups is 1. The number of hydrogen-bond acceptors (Lipinski definition) is 2. The lowest BCUT2D eigenvalue weighted by Gasteiger charge is -2.27. The summed E-state index contributed by atoms with van der Waals surface area (Å²) in [5.74, 6) is 5.60. The molecule has 21 heavy (non-hydrogen) atoms. The molecule has 1 fully saturated rings. The average Bonchev–Trinajstić information content (AvgIpc) is 3.29. The third-order valence-electron chi connectivity index (χ3n) is 4.44. The summed E-state index contributed by atoms with van der Waals surface area (Å²) in [6, 6.07) is 15.5. The summed E-state index contributed by atoms with van der Waals surface area (Å²) in [5.41, 5.74) is 5.48. The predicted octanol–water partition coefficient (Wildman–Crippen LogP) is 3.69. The van der Waals surface area contributed by atoms with Crippen LogP contribution in [-0.2, 0) is 11.8 Å². The molecule has 1 aliphatic carbocycles. The van der Waals surface area contributed by atoms with E-state index in [-0.39, 0.29) is 17.3 Å². The van der Waals surface area contributed by atoms with Crippen LogP contribution < -0.4 is 11.3 Å². The van der Waals surface area contributed by atoms with Crippen molar-refractivity contribution in [2.24, 2.45) is 5.84 Å². The molecule has 2 aromatic carbocycles. The van der Waals surface area contributed by atoms with E-state index in [9.17, 15) is 4.39 Å². The summed E-state index contributed by atoms with van der Waals surface area (Å²) in [6.07, 6.45) is 3.03. The van der Waals surface area contributed by atoms with Crippen LogP contribution in [0.4, 0.5) is 4.39 Å². The molecular formula is C17H18BrFN2. The van der Waals surface area contributed by atoms with Crippen molar-refractivity contribution in [2.75, 3.05) is 0 Å². The summed E-state index contributed by atoms with van der Waals surface area (Å²) in [7, 11) is 0. The normalized spacial score (nSPS) is 17.5. The SMILES string of the molecule is NNC(Cc1ccc(F)cc1Br)C1(c2ccccc2)CC1. The molecule has 0 amide bonds. The molecule has 3 N–H and O–H groups in total. The van der Waals surface area contributed by atoms with Crippen LogP contribution in [0.15, 0.2) is 53.0 Å². The first kappa shape index (κ1) is 14.7. The van der Waals surface area contributed by atoms with Gasteiger partial charge in [0, 0.05) is 15.9 Å². The summed E-state index contributed by atoms with van der Waals surface area (Å²) >= 11 is 3.44. The van der Waals surface area contributed by atoms with E-state index in [0.717, 1.165) is 29.3 Å². The molecule has 4 heteroatoms. The lowest BCUT2D eigenvalue weighted by Crippen LogP contribution is -2.45. The summed E-state index contributed by atoms with van der Waals surface area (Å²) in [5, 5.41) is 0. The third-order valence-corrected chi connectivity index (χ3v) is 5.18. The van der Waals surface area contributed by atoms with E-state index in [4.69, 9.17) is 5.84 Å². The molecule has 0 heterocycles. The highest BCUT2D eigenvalue weighted by Gasteiger charge is 2.50. The highest BCUT2D eigenvalue weighted by Crippen LogP contribution is 2.51. The van der Waals surface area contributed by atoms with Gasteiger partial charge in [-0.3, -0.25) is 11.3 Å². The number of benzene rings is 2. The second-order valence-electron chi connectivity index (χ2n) is 5.68. The van der Waals surface area contributed by atoms with Crippen molar-refractivity contribution in [3.05, 3.63) is 69.9 Å². The molecule has 1 saturated carbocycles. The quantitative estimate of drug-likeness (QED) is 0.638. The first-order valence-corrected chi connectivity index (χ1v) is 7.90.